The van der Waals surface area contributed by atoms with Crippen LogP contribution in [-0.2, 0) is 22.6 Å². The molecule has 43 heavy (non-hydrogen) atoms. The first-order chi connectivity index (χ1) is 20.5. The maximum Gasteiger partial charge on any atom is 0.416 e. The average Bonchev–Trinajstić information content (AvgIpc) is 3.01. The molecule has 1 aliphatic heterocycles. The number of nitrogens with zero attached hydrogens (tertiary/aromatic N) is 3. The van der Waals surface area contributed by atoms with Crippen molar-refractivity contribution in [3.63, 3.8) is 0 Å². The SMILES string of the molecule is C[C@@H](OC[C@@]1(c2ccccc2)CCC(N(c2ccccn2)c2ccccn2)CN1)c1cc(C(F)(F)F)cc(C(F)(F)F)c1. The molecule has 2 aromatic heterocycles. The third-order valence-corrected chi connectivity index (χ3v) is 7.72. The highest BCUT2D eigenvalue weighted by atomic mass is 19.4. The molecule has 2 aromatic carbocycles. The number of anilines is 2. The Morgan fingerprint density at radius 3 is 1.86 bits per heavy atom. The summed E-state index contributed by atoms with van der Waals surface area (Å²) in [5, 5.41) is 3.61. The number of ether oxygens (including phenoxy) is 1. The van der Waals surface area contributed by atoms with Gasteiger partial charge < -0.3 is 15.0 Å². The van der Waals surface area contributed by atoms with Crippen molar-refractivity contribution in [2.45, 2.75) is 49.8 Å². The van der Waals surface area contributed by atoms with Gasteiger partial charge in [0.25, 0.3) is 0 Å². The number of piperidine rings is 1. The van der Waals surface area contributed by atoms with Crippen molar-refractivity contribution in [2.75, 3.05) is 18.1 Å². The van der Waals surface area contributed by atoms with Gasteiger partial charge in [0, 0.05) is 25.0 Å². The van der Waals surface area contributed by atoms with E-state index >= 15 is 0 Å². The maximum atomic E-state index is 13.5. The van der Waals surface area contributed by atoms with Gasteiger partial charge in [-0.1, -0.05) is 42.5 Å². The number of aromatic nitrogens is 2. The van der Waals surface area contributed by atoms with Gasteiger partial charge in [-0.05, 0) is 73.4 Å². The van der Waals surface area contributed by atoms with Crippen LogP contribution in [0.15, 0.2) is 97.3 Å². The van der Waals surface area contributed by atoms with Gasteiger partial charge in [0.05, 0.1) is 29.4 Å². The third-order valence-electron chi connectivity index (χ3n) is 7.72. The number of halogens is 6. The zero-order valence-electron chi connectivity index (χ0n) is 23.2. The van der Waals surface area contributed by atoms with Gasteiger partial charge >= 0.3 is 12.4 Å². The lowest BCUT2D eigenvalue weighted by atomic mass is 9.81. The van der Waals surface area contributed by atoms with Crippen LogP contribution in [0.1, 0.15) is 48.1 Å². The first-order valence-corrected chi connectivity index (χ1v) is 13.8. The van der Waals surface area contributed by atoms with E-state index in [9.17, 15) is 26.3 Å². The second-order valence-corrected chi connectivity index (χ2v) is 10.6. The number of hydrogen-bond donors (Lipinski definition) is 1. The lowest BCUT2D eigenvalue weighted by molar-refractivity contribution is -0.143. The van der Waals surface area contributed by atoms with Crippen LogP contribution < -0.4 is 10.2 Å². The molecule has 0 amide bonds. The first-order valence-electron chi connectivity index (χ1n) is 13.8. The molecule has 1 N–H and O–H groups in total. The van der Waals surface area contributed by atoms with Crippen molar-refractivity contribution in [3.05, 3.63) is 120 Å². The Balaban J connectivity index is 1.40. The predicted octanol–water partition coefficient (Wildman–Crippen LogP) is 8.08. The third kappa shape index (κ3) is 7.00. The molecule has 0 saturated carbocycles. The van der Waals surface area contributed by atoms with Gasteiger partial charge in [0.15, 0.2) is 0 Å². The summed E-state index contributed by atoms with van der Waals surface area (Å²) < 4.78 is 86.9. The summed E-state index contributed by atoms with van der Waals surface area (Å²) in [6, 6.07) is 22.3. The van der Waals surface area contributed by atoms with Gasteiger partial charge in [-0.3, -0.25) is 0 Å². The smallest absolute Gasteiger partial charge is 0.372 e. The number of rotatable bonds is 8. The van der Waals surface area contributed by atoms with Crippen LogP contribution in [0, 0.1) is 0 Å². The molecule has 5 rings (SSSR count). The van der Waals surface area contributed by atoms with Crippen molar-refractivity contribution in [1.29, 1.82) is 0 Å². The topological polar surface area (TPSA) is 50.3 Å². The van der Waals surface area contributed by atoms with E-state index in [0.717, 1.165) is 29.3 Å². The molecule has 0 bridgehead atoms. The summed E-state index contributed by atoms with van der Waals surface area (Å²) in [7, 11) is 0. The molecule has 226 valence electrons. The van der Waals surface area contributed by atoms with Gasteiger partial charge in [-0.15, -0.1) is 0 Å². The summed E-state index contributed by atoms with van der Waals surface area (Å²) in [5.74, 6) is 1.46. The number of benzene rings is 2. The molecule has 4 aromatic rings. The fourth-order valence-corrected chi connectivity index (χ4v) is 5.41. The highest BCUT2D eigenvalue weighted by Gasteiger charge is 2.41. The van der Waals surface area contributed by atoms with Gasteiger partial charge in [-0.2, -0.15) is 26.3 Å². The molecular formula is C32H30F6N4O. The summed E-state index contributed by atoms with van der Waals surface area (Å²) in [6.45, 7) is 1.97. The van der Waals surface area contributed by atoms with Gasteiger partial charge in [0.1, 0.15) is 11.6 Å². The van der Waals surface area contributed by atoms with E-state index in [1.807, 2.05) is 66.7 Å². The largest absolute Gasteiger partial charge is 0.416 e. The molecule has 3 atom stereocenters. The van der Waals surface area contributed by atoms with Crippen molar-refractivity contribution in [1.82, 2.24) is 15.3 Å². The summed E-state index contributed by atoms with van der Waals surface area (Å²) in [5.41, 5.74) is -2.76. The lowest BCUT2D eigenvalue weighted by Crippen LogP contribution is -2.56. The van der Waals surface area contributed by atoms with E-state index in [0.29, 0.717) is 19.4 Å². The number of pyridine rings is 2. The quantitative estimate of drug-likeness (QED) is 0.207. The molecule has 5 nitrogen and oxygen atoms in total. The zero-order chi connectivity index (χ0) is 30.7. The minimum atomic E-state index is -4.94. The summed E-state index contributed by atoms with van der Waals surface area (Å²) >= 11 is 0. The van der Waals surface area contributed by atoms with Crippen molar-refractivity contribution in [3.8, 4) is 0 Å². The van der Waals surface area contributed by atoms with E-state index in [1.54, 1.807) is 12.4 Å². The molecule has 0 aliphatic carbocycles. The van der Waals surface area contributed by atoms with Crippen molar-refractivity contribution >= 4 is 11.6 Å². The molecule has 0 spiro atoms. The van der Waals surface area contributed by atoms with Gasteiger partial charge in [0.2, 0.25) is 0 Å². The van der Waals surface area contributed by atoms with Crippen molar-refractivity contribution < 1.29 is 31.1 Å². The van der Waals surface area contributed by atoms with E-state index in [1.165, 1.54) is 6.92 Å². The summed E-state index contributed by atoms with van der Waals surface area (Å²) in [4.78, 5) is 11.1. The molecule has 1 fully saturated rings. The average molecular weight is 601 g/mol. The van der Waals surface area contributed by atoms with E-state index in [4.69, 9.17) is 4.74 Å². The Bertz CT molecular complexity index is 1400. The number of nitrogens with one attached hydrogen (secondary N) is 1. The predicted molar refractivity (Wildman–Crippen MR) is 151 cm³/mol. The standard InChI is InChI=1S/C32H30F6N4O/c1-22(23-17-25(31(33,34)35)19-26(18-23)32(36,37)38)43-21-30(24-9-3-2-4-10-24)14-13-27(20-41-30)42(28-11-5-7-15-39-28)29-12-6-8-16-40-29/h2-12,15-19,22,27,41H,13-14,20-21H2,1H3/t22-,27?,30-/m1/s1. The highest BCUT2D eigenvalue weighted by Crippen LogP contribution is 2.40. The molecular weight excluding hydrogens is 570 g/mol. The van der Waals surface area contributed by atoms with E-state index < -0.39 is 35.1 Å². The van der Waals surface area contributed by atoms with Crippen LogP contribution in [0.5, 0.6) is 0 Å². The van der Waals surface area contributed by atoms with Crippen LogP contribution in [0.3, 0.4) is 0 Å². The van der Waals surface area contributed by atoms with Crippen molar-refractivity contribution in [2.24, 2.45) is 0 Å². The fourth-order valence-electron chi connectivity index (χ4n) is 5.41. The Labute approximate surface area is 245 Å². The Morgan fingerprint density at radius 2 is 1.40 bits per heavy atom. The summed E-state index contributed by atoms with van der Waals surface area (Å²) in [6.07, 6.45) is -6.24. The first kappa shape index (κ1) is 30.5. The molecule has 3 heterocycles. The van der Waals surface area contributed by atoms with Crippen LogP contribution in [-0.4, -0.2) is 29.2 Å². The van der Waals surface area contributed by atoms with Crippen LogP contribution in [0.2, 0.25) is 0 Å². The van der Waals surface area contributed by atoms with Gasteiger partial charge in [-0.25, -0.2) is 9.97 Å². The second-order valence-electron chi connectivity index (χ2n) is 10.6. The lowest BCUT2D eigenvalue weighted by Gasteiger charge is -2.45. The minimum Gasteiger partial charge on any atom is -0.372 e. The fraction of sp³-hybridized carbons (Fsp3) is 0.312. The molecule has 1 saturated heterocycles. The van der Waals surface area contributed by atoms with E-state index in [-0.39, 0.29) is 24.3 Å². The molecule has 1 unspecified atom stereocenters. The highest BCUT2D eigenvalue weighted by molar-refractivity contribution is 5.57. The maximum absolute atomic E-state index is 13.5. The normalized spacial score (nSPS) is 20.0. The monoisotopic (exact) mass is 600 g/mol. The van der Waals surface area contributed by atoms with Crippen LogP contribution in [0.25, 0.3) is 0 Å². The van der Waals surface area contributed by atoms with E-state index in [2.05, 4.69) is 20.2 Å². The minimum absolute atomic E-state index is 0.0235. The molecule has 11 heteroatoms. The molecule has 0 radical (unpaired) electrons. The van der Waals surface area contributed by atoms with Crippen LogP contribution >= 0.6 is 0 Å². The Hall–Kier alpha value is -3.96. The number of hydrogen-bond acceptors (Lipinski definition) is 5. The van der Waals surface area contributed by atoms with Crippen LogP contribution in [0.4, 0.5) is 38.0 Å². The Morgan fingerprint density at radius 1 is 0.837 bits per heavy atom. The second kappa shape index (κ2) is 12.3. The number of alkyl halides is 6. The zero-order valence-corrected chi connectivity index (χ0v) is 23.2. The Kier molecular flexibility index (Phi) is 8.75. The molecule has 1 aliphatic rings.